The molecule has 2 aromatic carbocycles. The molecule has 1 aliphatic heterocycles. The number of amides is 1. The van der Waals surface area contributed by atoms with Crippen molar-refractivity contribution in [3.8, 4) is 5.75 Å². The van der Waals surface area contributed by atoms with E-state index in [9.17, 15) is 9.18 Å². The van der Waals surface area contributed by atoms with Gasteiger partial charge in [-0.2, -0.15) is 0 Å². The van der Waals surface area contributed by atoms with Crippen LogP contribution in [0.3, 0.4) is 0 Å². The first-order valence-corrected chi connectivity index (χ1v) is 10.0. The average Bonchev–Trinajstić information content (AvgIpc) is 2.76. The van der Waals surface area contributed by atoms with Crippen molar-refractivity contribution in [3.63, 3.8) is 0 Å². The fourth-order valence-corrected chi connectivity index (χ4v) is 3.43. The maximum absolute atomic E-state index is 13.5. The summed E-state index contributed by atoms with van der Waals surface area (Å²) in [4.78, 5) is 17.4. The van der Waals surface area contributed by atoms with Crippen LogP contribution >= 0.6 is 0 Å². The first-order chi connectivity index (χ1) is 14.5. The van der Waals surface area contributed by atoms with Gasteiger partial charge in [-0.15, -0.1) is 0 Å². The van der Waals surface area contributed by atoms with Crippen LogP contribution in [0.25, 0.3) is 0 Å². The van der Waals surface area contributed by atoms with Gasteiger partial charge >= 0.3 is 0 Å². The molecule has 0 atom stereocenters. The average molecular weight is 413 g/mol. The lowest BCUT2D eigenvalue weighted by Gasteiger charge is -2.34. The van der Waals surface area contributed by atoms with Gasteiger partial charge in [-0.1, -0.05) is 18.2 Å². The Kier molecular flexibility index (Phi) is 7.48. The fraction of sp³-hybridized carbons (Fsp3) is 0.364. The molecule has 1 amide bonds. The minimum atomic E-state index is -0.508. The van der Waals surface area contributed by atoms with Crippen LogP contribution in [0.2, 0.25) is 0 Å². The van der Waals surface area contributed by atoms with Gasteiger partial charge < -0.3 is 26.0 Å². The van der Waals surface area contributed by atoms with Crippen LogP contribution in [0, 0.1) is 5.82 Å². The quantitative estimate of drug-likeness (QED) is 0.477. The highest BCUT2D eigenvalue weighted by atomic mass is 19.1. The molecule has 1 aliphatic rings. The van der Waals surface area contributed by atoms with Crippen LogP contribution in [0.4, 0.5) is 10.1 Å². The molecule has 0 spiro atoms. The molecule has 0 unspecified atom stereocenters. The second-order valence-electron chi connectivity index (χ2n) is 7.21. The van der Waals surface area contributed by atoms with Crippen molar-refractivity contribution in [2.75, 3.05) is 31.6 Å². The van der Waals surface area contributed by atoms with Crippen molar-refractivity contribution in [3.05, 3.63) is 59.9 Å². The third-order valence-corrected chi connectivity index (χ3v) is 4.97. The highest BCUT2D eigenvalue weighted by Gasteiger charge is 2.20. The molecule has 1 fully saturated rings. The van der Waals surface area contributed by atoms with E-state index >= 15 is 0 Å². The summed E-state index contributed by atoms with van der Waals surface area (Å²) in [5.74, 6) is 0.608. The molecule has 30 heavy (non-hydrogen) atoms. The van der Waals surface area contributed by atoms with Crippen LogP contribution in [0.1, 0.15) is 18.4 Å². The number of nitrogens with zero attached hydrogens (tertiary/aromatic N) is 2. The van der Waals surface area contributed by atoms with Crippen molar-refractivity contribution < 1.29 is 13.9 Å². The number of hydrogen-bond acceptors (Lipinski definition) is 4. The van der Waals surface area contributed by atoms with Crippen LogP contribution in [0.15, 0.2) is 53.5 Å². The van der Waals surface area contributed by atoms with Gasteiger partial charge in [0.25, 0.3) is 5.91 Å². The first kappa shape index (κ1) is 21.4. The Labute approximate surface area is 176 Å². The topological polar surface area (TPSA) is 92.0 Å². The number of hydrogen-bond donors (Lipinski definition) is 3. The van der Waals surface area contributed by atoms with Crippen LogP contribution in [-0.4, -0.2) is 44.7 Å². The molecule has 3 rings (SSSR count). The third kappa shape index (κ3) is 6.37. The predicted molar refractivity (Wildman–Crippen MR) is 116 cm³/mol. The molecule has 4 N–H and O–H groups in total. The minimum Gasteiger partial charge on any atom is -0.484 e. The molecule has 0 radical (unpaired) electrons. The third-order valence-electron chi connectivity index (χ3n) is 4.97. The van der Waals surface area contributed by atoms with E-state index < -0.39 is 5.91 Å². The van der Waals surface area contributed by atoms with Crippen molar-refractivity contribution >= 4 is 17.6 Å². The fourth-order valence-electron chi connectivity index (χ4n) is 3.43. The summed E-state index contributed by atoms with van der Waals surface area (Å²) in [6.45, 7) is 2.14. The van der Waals surface area contributed by atoms with Gasteiger partial charge in [-0.3, -0.25) is 9.79 Å². The Balaban J connectivity index is 1.46. The number of piperidine rings is 1. The van der Waals surface area contributed by atoms with Gasteiger partial charge in [0.15, 0.2) is 12.6 Å². The van der Waals surface area contributed by atoms with Crippen molar-refractivity contribution in [2.24, 2.45) is 10.7 Å². The number of rotatable bonds is 7. The summed E-state index contributed by atoms with van der Waals surface area (Å²) < 4.78 is 18.8. The number of nitrogens with one attached hydrogen (secondary N) is 2. The molecule has 0 aliphatic carbocycles. The summed E-state index contributed by atoms with van der Waals surface area (Å²) in [5, 5.41) is 6.76. The van der Waals surface area contributed by atoms with Gasteiger partial charge in [0.2, 0.25) is 0 Å². The molecule has 8 heteroatoms. The van der Waals surface area contributed by atoms with E-state index in [4.69, 9.17) is 10.5 Å². The van der Waals surface area contributed by atoms with E-state index in [1.165, 1.54) is 6.07 Å². The van der Waals surface area contributed by atoms with Gasteiger partial charge in [0.1, 0.15) is 11.6 Å². The van der Waals surface area contributed by atoms with Crippen LogP contribution < -0.4 is 26.0 Å². The summed E-state index contributed by atoms with van der Waals surface area (Å²) in [7, 11) is 1.74. The van der Waals surface area contributed by atoms with Crippen molar-refractivity contribution in [1.82, 2.24) is 10.6 Å². The minimum absolute atomic E-state index is 0.144. The second-order valence-corrected chi connectivity index (χ2v) is 7.21. The Hall–Kier alpha value is -3.29. The Morgan fingerprint density at radius 1 is 1.23 bits per heavy atom. The Morgan fingerprint density at radius 3 is 2.70 bits per heavy atom. The van der Waals surface area contributed by atoms with Gasteiger partial charge in [-0.05, 0) is 48.7 Å². The zero-order chi connectivity index (χ0) is 21.3. The highest BCUT2D eigenvalue weighted by molar-refractivity contribution is 5.80. The van der Waals surface area contributed by atoms with E-state index in [1.54, 1.807) is 25.2 Å². The number of ether oxygens (including phenoxy) is 1. The maximum atomic E-state index is 13.5. The molecular weight excluding hydrogens is 385 g/mol. The Morgan fingerprint density at radius 2 is 2.00 bits per heavy atom. The molecule has 1 saturated heterocycles. The second kappa shape index (κ2) is 10.5. The van der Waals surface area contributed by atoms with Gasteiger partial charge in [-0.25, -0.2) is 4.39 Å². The lowest BCUT2D eigenvalue weighted by Crippen LogP contribution is -2.48. The number of carbonyl (C=O) groups is 1. The predicted octanol–water partition coefficient (Wildman–Crippen LogP) is 2.02. The molecule has 0 aromatic heterocycles. The SMILES string of the molecule is CN=C(NCc1cccc(OCC(N)=O)c1)NC1CCN(c2cccc(F)c2)CC1. The lowest BCUT2D eigenvalue weighted by molar-refractivity contribution is -0.119. The van der Waals surface area contributed by atoms with Crippen LogP contribution in [0.5, 0.6) is 5.75 Å². The van der Waals surface area contributed by atoms with E-state index in [0.717, 1.165) is 43.1 Å². The first-order valence-electron chi connectivity index (χ1n) is 10.0. The number of carbonyl (C=O) groups excluding carboxylic acids is 1. The number of nitrogens with two attached hydrogens (primary N) is 1. The monoisotopic (exact) mass is 413 g/mol. The molecule has 0 saturated carbocycles. The molecule has 0 bridgehead atoms. The number of guanidine groups is 1. The zero-order valence-electron chi connectivity index (χ0n) is 17.1. The van der Waals surface area contributed by atoms with Gasteiger partial charge in [0, 0.05) is 38.4 Å². The maximum Gasteiger partial charge on any atom is 0.255 e. The van der Waals surface area contributed by atoms with Crippen molar-refractivity contribution in [2.45, 2.75) is 25.4 Å². The standard InChI is InChI=1S/C22H28FN5O2/c1-25-22(26-14-16-4-2-7-20(12-16)30-15-21(24)29)27-18-8-10-28(11-9-18)19-6-3-5-17(23)13-19/h2-7,12-13,18H,8-11,14-15H2,1H3,(H2,24,29)(H2,25,26,27). The Bertz CT molecular complexity index is 881. The molecule has 160 valence electrons. The molecular formula is C22H28FN5O2. The van der Waals surface area contributed by atoms with E-state index in [0.29, 0.717) is 18.3 Å². The number of anilines is 1. The number of halogens is 1. The molecule has 1 heterocycles. The van der Waals surface area contributed by atoms with E-state index in [-0.39, 0.29) is 12.4 Å². The summed E-state index contributed by atoms with van der Waals surface area (Å²) in [6.07, 6.45) is 1.88. The number of benzene rings is 2. The molecule has 7 nitrogen and oxygen atoms in total. The summed E-state index contributed by atoms with van der Waals surface area (Å²) in [6, 6.07) is 14.5. The lowest BCUT2D eigenvalue weighted by atomic mass is 10.0. The van der Waals surface area contributed by atoms with E-state index in [1.807, 2.05) is 24.3 Å². The normalized spacial score (nSPS) is 15.0. The smallest absolute Gasteiger partial charge is 0.255 e. The highest BCUT2D eigenvalue weighted by Crippen LogP contribution is 2.20. The van der Waals surface area contributed by atoms with E-state index in [2.05, 4.69) is 20.5 Å². The number of primary amides is 1. The zero-order valence-corrected chi connectivity index (χ0v) is 17.1. The van der Waals surface area contributed by atoms with Gasteiger partial charge in [0.05, 0.1) is 0 Å². The summed E-state index contributed by atoms with van der Waals surface area (Å²) >= 11 is 0. The van der Waals surface area contributed by atoms with Crippen molar-refractivity contribution in [1.29, 1.82) is 0 Å². The largest absolute Gasteiger partial charge is 0.484 e. The number of aliphatic imine (C=N–C) groups is 1. The van der Waals surface area contributed by atoms with Crippen LogP contribution in [-0.2, 0) is 11.3 Å². The molecule has 2 aromatic rings. The summed E-state index contributed by atoms with van der Waals surface area (Å²) in [5.41, 5.74) is 7.04.